The van der Waals surface area contributed by atoms with Gasteiger partial charge in [-0.3, -0.25) is 4.79 Å². The number of nitrogens with zero attached hydrogens (tertiary/aromatic N) is 2. The number of carbonyl (C=O) groups is 1. The van der Waals surface area contributed by atoms with Gasteiger partial charge in [0.1, 0.15) is 5.02 Å². The first kappa shape index (κ1) is 22.7. The number of pyridine rings is 1. The zero-order valence-corrected chi connectivity index (χ0v) is 19.2. The number of ether oxygens (including phenoxy) is 1. The van der Waals surface area contributed by atoms with Gasteiger partial charge in [-0.15, -0.1) is 0 Å². The smallest absolute Gasteiger partial charge is 0.243 e. The maximum atomic E-state index is 13.0. The molecule has 0 bridgehead atoms. The topological polar surface area (TPSA) is 101 Å². The third-order valence-corrected chi connectivity index (χ3v) is 7.76. The molecule has 1 atom stereocenters. The SMILES string of the molecule is COc1nc(C(=C[C@H]2CCC(=O)N2)c2ccc(S(=O)(=O)N3CCNCC3)cc2)ccc1Cl. The van der Waals surface area contributed by atoms with Crippen LogP contribution in [-0.4, -0.2) is 62.9 Å². The summed E-state index contributed by atoms with van der Waals surface area (Å²) in [5, 5.41) is 6.49. The summed E-state index contributed by atoms with van der Waals surface area (Å²) in [6, 6.07) is 10.1. The Hall–Kier alpha value is -2.46. The summed E-state index contributed by atoms with van der Waals surface area (Å²) in [5.41, 5.74) is 2.16. The van der Waals surface area contributed by atoms with Crippen LogP contribution >= 0.6 is 11.6 Å². The third kappa shape index (κ3) is 4.80. The van der Waals surface area contributed by atoms with Gasteiger partial charge >= 0.3 is 0 Å². The van der Waals surface area contributed by atoms with E-state index >= 15 is 0 Å². The molecule has 8 nitrogen and oxygen atoms in total. The third-order valence-electron chi connectivity index (χ3n) is 5.56. The molecule has 2 saturated heterocycles. The largest absolute Gasteiger partial charge is 0.480 e. The summed E-state index contributed by atoms with van der Waals surface area (Å²) in [6.07, 6.45) is 3.09. The van der Waals surface area contributed by atoms with Crippen molar-refractivity contribution in [2.24, 2.45) is 0 Å². The summed E-state index contributed by atoms with van der Waals surface area (Å²) in [6.45, 7) is 2.18. The van der Waals surface area contributed by atoms with Crippen LogP contribution in [0.2, 0.25) is 5.02 Å². The molecule has 3 heterocycles. The number of sulfonamides is 1. The lowest BCUT2D eigenvalue weighted by atomic mass is 9.99. The van der Waals surface area contributed by atoms with Crippen molar-refractivity contribution in [3.63, 3.8) is 0 Å². The molecule has 0 spiro atoms. The van der Waals surface area contributed by atoms with Crippen molar-refractivity contribution < 1.29 is 17.9 Å². The Morgan fingerprint density at radius 1 is 1.19 bits per heavy atom. The van der Waals surface area contributed by atoms with Crippen LogP contribution in [0.4, 0.5) is 0 Å². The molecular weight excluding hydrogens is 452 g/mol. The Morgan fingerprint density at radius 3 is 2.53 bits per heavy atom. The number of halogens is 1. The van der Waals surface area contributed by atoms with E-state index in [1.54, 1.807) is 36.4 Å². The number of aromatic nitrogens is 1. The highest BCUT2D eigenvalue weighted by Crippen LogP contribution is 2.30. The Balaban J connectivity index is 1.70. The molecule has 10 heteroatoms. The second-order valence-corrected chi connectivity index (χ2v) is 10.0. The number of nitrogens with one attached hydrogen (secondary N) is 2. The molecule has 1 aromatic carbocycles. The molecular formula is C22H25ClN4O4S. The van der Waals surface area contributed by atoms with E-state index in [2.05, 4.69) is 15.6 Å². The summed E-state index contributed by atoms with van der Waals surface area (Å²) in [4.78, 5) is 16.4. The van der Waals surface area contributed by atoms with Gasteiger partial charge in [-0.05, 0) is 36.2 Å². The summed E-state index contributed by atoms with van der Waals surface area (Å²) < 4.78 is 32.7. The van der Waals surface area contributed by atoms with E-state index in [4.69, 9.17) is 16.3 Å². The highest BCUT2D eigenvalue weighted by Gasteiger charge is 2.26. The fraction of sp³-hybridized carbons (Fsp3) is 0.364. The first-order valence-electron chi connectivity index (χ1n) is 10.4. The second-order valence-electron chi connectivity index (χ2n) is 7.66. The minimum absolute atomic E-state index is 0.00436. The minimum atomic E-state index is -3.55. The van der Waals surface area contributed by atoms with Crippen molar-refractivity contribution in [1.82, 2.24) is 19.9 Å². The molecule has 32 heavy (non-hydrogen) atoms. The van der Waals surface area contributed by atoms with Gasteiger partial charge in [-0.25, -0.2) is 13.4 Å². The van der Waals surface area contributed by atoms with Crippen LogP contribution in [-0.2, 0) is 14.8 Å². The van der Waals surface area contributed by atoms with Gasteiger partial charge in [0, 0.05) is 44.2 Å². The summed E-state index contributed by atoms with van der Waals surface area (Å²) in [7, 11) is -2.06. The lowest BCUT2D eigenvalue weighted by Gasteiger charge is -2.26. The molecule has 0 saturated carbocycles. The van der Waals surface area contributed by atoms with Crippen molar-refractivity contribution in [3.05, 3.63) is 58.8 Å². The monoisotopic (exact) mass is 476 g/mol. The quantitative estimate of drug-likeness (QED) is 0.661. The summed E-state index contributed by atoms with van der Waals surface area (Å²) >= 11 is 6.14. The van der Waals surface area contributed by atoms with Gasteiger partial charge in [0.15, 0.2) is 0 Å². The van der Waals surface area contributed by atoms with Crippen LogP contribution < -0.4 is 15.4 Å². The van der Waals surface area contributed by atoms with Crippen LogP contribution in [0, 0.1) is 0 Å². The van der Waals surface area contributed by atoms with Gasteiger partial charge in [-0.2, -0.15) is 4.31 Å². The zero-order valence-electron chi connectivity index (χ0n) is 17.7. The van der Waals surface area contributed by atoms with Crippen molar-refractivity contribution in [2.75, 3.05) is 33.3 Å². The number of carbonyl (C=O) groups excluding carboxylic acids is 1. The van der Waals surface area contributed by atoms with Crippen LogP contribution in [0.15, 0.2) is 47.4 Å². The predicted octanol–water partition coefficient (Wildman–Crippen LogP) is 2.05. The standard InChI is InChI=1S/C22H25ClN4O4S/c1-31-22-19(23)7-8-20(26-22)18(14-16-4-9-21(28)25-16)15-2-5-17(6-3-15)32(29,30)27-12-10-24-11-13-27/h2-3,5-8,14,16,24H,4,9-13H2,1H3,(H,25,28)/t16-/m1/s1. The molecule has 2 aliphatic heterocycles. The molecule has 1 amide bonds. The predicted molar refractivity (Wildman–Crippen MR) is 122 cm³/mol. The molecule has 2 aromatic rings. The lowest BCUT2D eigenvalue weighted by Crippen LogP contribution is -2.46. The van der Waals surface area contributed by atoms with Crippen LogP contribution in [0.3, 0.4) is 0 Å². The minimum Gasteiger partial charge on any atom is -0.480 e. The molecule has 170 valence electrons. The Labute approximate surface area is 192 Å². The van der Waals surface area contributed by atoms with Crippen molar-refractivity contribution in [1.29, 1.82) is 0 Å². The number of rotatable bonds is 6. The Bertz CT molecular complexity index is 1130. The number of amides is 1. The first-order chi connectivity index (χ1) is 15.4. The van der Waals surface area contributed by atoms with E-state index in [0.717, 1.165) is 11.1 Å². The maximum absolute atomic E-state index is 13.0. The average molecular weight is 477 g/mol. The number of hydrogen-bond donors (Lipinski definition) is 2. The second kappa shape index (κ2) is 9.58. The Kier molecular flexibility index (Phi) is 6.80. The molecule has 2 aliphatic rings. The highest BCUT2D eigenvalue weighted by atomic mass is 35.5. The fourth-order valence-corrected chi connectivity index (χ4v) is 5.47. The van der Waals surface area contributed by atoms with Gasteiger partial charge < -0.3 is 15.4 Å². The van der Waals surface area contributed by atoms with E-state index in [1.165, 1.54) is 11.4 Å². The molecule has 2 fully saturated rings. The number of methoxy groups -OCH3 is 1. The average Bonchev–Trinajstić information content (AvgIpc) is 3.23. The number of benzene rings is 1. The fourth-order valence-electron chi connectivity index (χ4n) is 3.85. The molecule has 1 aromatic heterocycles. The molecule has 4 rings (SSSR count). The van der Waals surface area contributed by atoms with E-state index in [0.29, 0.717) is 55.6 Å². The molecule has 2 N–H and O–H groups in total. The van der Waals surface area contributed by atoms with E-state index in [1.807, 2.05) is 6.08 Å². The highest BCUT2D eigenvalue weighted by molar-refractivity contribution is 7.89. The van der Waals surface area contributed by atoms with Gasteiger partial charge in [0.2, 0.25) is 21.8 Å². The van der Waals surface area contributed by atoms with Gasteiger partial charge in [0.25, 0.3) is 0 Å². The first-order valence-corrected chi connectivity index (χ1v) is 12.2. The van der Waals surface area contributed by atoms with Crippen molar-refractivity contribution >= 4 is 33.1 Å². The summed E-state index contributed by atoms with van der Waals surface area (Å²) in [5.74, 6) is 0.299. The molecule has 0 radical (unpaired) electrons. The van der Waals surface area contributed by atoms with Crippen LogP contribution in [0.5, 0.6) is 5.88 Å². The molecule has 0 aliphatic carbocycles. The van der Waals surface area contributed by atoms with Gasteiger partial charge in [0.05, 0.1) is 17.7 Å². The lowest BCUT2D eigenvalue weighted by molar-refractivity contribution is -0.119. The van der Waals surface area contributed by atoms with E-state index in [9.17, 15) is 13.2 Å². The number of hydrogen-bond acceptors (Lipinski definition) is 6. The van der Waals surface area contributed by atoms with Crippen molar-refractivity contribution in [2.45, 2.75) is 23.8 Å². The normalized spacial score (nSPS) is 20.2. The maximum Gasteiger partial charge on any atom is 0.243 e. The van der Waals surface area contributed by atoms with E-state index in [-0.39, 0.29) is 16.8 Å². The van der Waals surface area contributed by atoms with Crippen LogP contribution in [0.25, 0.3) is 5.57 Å². The van der Waals surface area contributed by atoms with Gasteiger partial charge in [-0.1, -0.05) is 29.8 Å². The zero-order chi connectivity index (χ0) is 22.7. The Morgan fingerprint density at radius 2 is 1.91 bits per heavy atom. The van der Waals surface area contributed by atoms with Crippen molar-refractivity contribution in [3.8, 4) is 5.88 Å². The molecule has 0 unspecified atom stereocenters. The van der Waals surface area contributed by atoms with E-state index < -0.39 is 10.0 Å². The number of piperazine rings is 1. The van der Waals surface area contributed by atoms with Crippen LogP contribution in [0.1, 0.15) is 24.1 Å².